The molecule has 0 aliphatic carbocycles. The average Bonchev–Trinajstić information content (AvgIpc) is 2.22. The molecule has 0 bridgehead atoms. The molecule has 0 radical (unpaired) electrons. The van der Waals surface area contributed by atoms with Gasteiger partial charge in [0.2, 0.25) is 0 Å². The van der Waals surface area contributed by atoms with Crippen molar-refractivity contribution in [1.29, 1.82) is 0 Å². The van der Waals surface area contributed by atoms with Crippen LogP contribution in [0.3, 0.4) is 0 Å². The fourth-order valence-electron chi connectivity index (χ4n) is 1.18. The molecule has 0 aliphatic heterocycles. The van der Waals surface area contributed by atoms with Crippen molar-refractivity contribution in [3.05, 3.63) is 53.4 Å². The molecule has 0 amide bonds. The van der Waals surface area contributed by atoms with E-state index in [-0.39, 0.29) is 5.82 Å². The van der Waals surface area contributed by atoms with E-state index in [4.69, 9.17) is 11.6 Å². The molecule has 2 rings (SSSR count). The summed E-state index contributed by atoms with van der Waals surface area (Å²) in [4.78, 5) is 4.00. The maximum absolute atomic E-state index is 13.3. The maximum atomic E-state index is 13.3. The maximum Gasteiger partial charge on any atom is 0.146 e. The summed E-state index contributed by atoms with van der Waals surface area (Å²) in [7, 11) is 0. The average molecular weight is 223 g/mol. The van der Waals surface area contributed by atoms with Crippen LogP contribution >= 0.6 is 11.6 Å². The van der Waals surface area contributed by atoms with Crippen LogP contribution in [0.25, 0.3) is 0 Å². The molecule has 1 aromatic carbocycles. The number of nitrogens with one attached hydrogen (secondary N) is 1. The van der Waals surface area contributed by atoms with E-state index in [0.717, 1.165) is 0 Å². The predicted octanol–water partition coefficient (Wildman–Crippen LogP) is 3.62. The van der Waals surface area contributed by atoms with Gasteiger partial charge in [-0.2, -0.15) is 0 Å². The number of aromatic nitrogens is 1. The molecule has 1 aromatic heterocycles. The standard InChI is InChI=1S/C11H8ClFN2/c12-10-6-3-7-11(15-10)14-9-5-2-1-4-8(9)13/h1-7H,(H,14,15). The van der Waals surface area contributed by atoms with Crippen molar-refractivity contribution in [1.82, 2.24) is 4.98 Å². The van der Waals surface area contributed by atoms with Crippen LogP contribution < -0.4 is 5.32 Å². The number of rotatable bonds is 2. The van der Waals surface area contributed by atoms with Gasteiger partial charge in [0.15, 0.2) is 0 Å². The molecule has 1 heterocycles. The van der Waals surface area contributed by atoms with Gasteiger partial charge in [0, 0.05) is 0 Å². The Morgan fingerprint density at radius 3 is 2.60 bits per heavy atom. The highest BCUT2D eigenvalue weighted by Gasteiger charge is 2.01. The van der Waals surface area contributed by atoms with Gasteiger partial charge in [-0.3, -0.25) is 0 Å². The Labute approximate surface area is 91.7 Å². The van der Waals surface area contributed by atoms with Crippen LogP contribution in [-0.2, 0) is 0 Å². The predicted molar refractivity (Wildman–Crippen MR) is 58.9 cm³/mol. The number of hydrogen-bond donors (Lipinski definition) is 1. The van der Waals surface area contributed by atoms with E-state index in [1.54, 1.807) is 36.4 Å². The van der Waals surface area contributed by atoms with Crippen LogP contribution in [0.2, 0.25) is 5.15 Å². The first-order chi connectivity index (χ1) is 7.25. The van der Waals surface area contributed by atoms with Crippen LogP contribution in [0.15, 0.2) is 42.5 Å². The Kier molecular flexibility index (Phi) is 2.83. The van der Waals surface area contributed by atoms with Crippen molar-refractivity contribution < 1.29 is 4.39 Å². The van der Waals surface area contributed by atoms with Gasteiger partial charge in [-0.15, -0.1) is 0 Å². The number of hydrogen-bond acceptors (Lipinski definition) is 2. The van der Waals surface area contributed by atoms with E-state index >= 15 is 0 Å². The topological polar surface area (TPSA) is 24.9 Å². The molecule has 76 valence electrons. The second-order valence-electron chi connectivity index (χ2n) is 2.95. The molecule has 0 saturated carbocycles. The van der Waals surface area contributed by atoms with E-state index in [9.17, 15) is 4.39 Å². The van der Waals surface area contributed by atoms with E-state index in [1.165, 1.54) is 6.07 Å². The second kappa shape index (κ2) is 4.28. The van der Waals surface area contributed by atoms with Crippen LogP contribution in [-0.4, -0.2) is 4.98 Å². The van der Waals surface area contributed by atoms with E-state index in [0.29, 0.717) is 16.7 Å². The molecule has 0 atom stereocenters. The van der Waals surface area contributed by atoms with Crippen molar-refractivity contribution in [3.8, 4) is 0 Å². The molecular formula is C11H8ClFN2. The van der Waals surface area contributed by atoms with Gasteiger partial charge in [0.25, 0.3) is 0 Å². The molecule has 0 aliphatic rings. The Bertz CT molecular complexity index is 474. The first-order valence-corrected chi connectivity index (χ1v) is 4.77. The van der Waals surface area contributed by atoms with Crippen LogP contribution in [0.5, 0.6) is 0 Å². The molecule has 0 spiro atoms. The monoisotopic (exact) mass is 222 g/mol. The Balaban J connectivity index is 2.26. The Morgan fingerprint density at radius 2 is 1.87 bits per heavy atom. The van der Waals surface area contributed by atoms with E-state index in [1.807, 2.05) is 0 Å². The lowest BCUT2D eigenvalue weighted by molar-refractivity contribution is 0.632. The van der Waals surface area contributed by atoms with Gasteiger partial charge in [-0.05, 0) is 24.3 Å². The fourth-order valence-corrected chi connectivity index (χ4v) is 1.34. The lowest BCUT2D eigenvalue weighted by Crippen LogP contribution is -1.95. The van der Waals surface area contributed by atoms with Crippen LogP contribution in [0.4, 0.5) is 15.9 Å². The number of para-hydroxylation sites is 1. The van der Waals surface area contributed by atoms with Gasteiger partial charge in [0.1, 0.15) is 16.8 Å². The van der Waals surface area contributed by atoms with Gasteiger partial charge >= 0.3 is 0 Å². The summed E-state index contributed by atoms with van der Waals surface area (Å²) >= 11 is 5.71. The smallest absolute Gasteiger partial charge is 0.146 e. The highest BCUT2D eigenvalue weighted by atomic mass is 35.5. The van der Waals surface area contributed by atoms with E-state index in [2.05, 4.69) is 10.3 Å². The van der Waals surface area contributed by atoms with Gasteiger partial charge < -0.3 is 5.32 Å². The van der Waals surface area contributed by atoms with E-state index < -0.39 is 0 Å². The molecule has 15 heavy (non-hydrogen) atoms. The van der Waals surface area contributed by atoms with Crippen molar-refractivity contribution >= 4 is 23.1 Å². The minimum atomic E-state index is -0.320. The van der Waals surface area contributed by atoms with Gasteiger partial charge in [-0.1, -0.05) is 29.8 Å². The number of halogens is 2. The van der Waals surface area contributed by atoms with Crippen molar-refractivity contribution in [3.63, 3.8) is 0 Å². The minimum absolute atomic E-state index is 0.320. The number of anilines is 2. The zero-order valence-electron chi connectivity index (χ0n) is 7.74. The molecule has 1 N–H and O–H groups in total. The lowest BCUT2D eigenvalue weighted by atomic mass is 10.3. The summed E-state index contributed by atoms with van der Waals surface area (Å²) in [5.41, 5.74) is 0.382. The number of benzene rings is 1. The highest BCUT2D eigenvalue weighted by Crippen LogP contribution is 2.18. The van der Waals surface area contributed by atoms with Gasteiger partial charge in [0.05, 0.1) is 5.69 Å². The highest BCUT2D eigenvalue weighted by molar-refractivity contribution is 6.29. The second-order valence-corrected chi connectivity index (χ2v) is 3.34. The Morgan fingerprint density at radius 1 is 1.07 bits per heavy atom. The third kappa shape index (κ3) is 2.44. The van der Waals surface area contributed by atoms with Crippen LogP contribution in [0, 0.1) is 5.82 Å². The summed E-state index contributed by atoms with van der Waals surface area (Å²) in [6.07, 6.45) is 0. The van der Waals surface area contributed by atoms with Crippen molar-refractivity contribution in [2.75, 3.05) is 5.32 Å². The molecule has 4 heteroatoms. The summed E-state index contributed by atoms with van der Waals surface area (Å²) in [5, 5.41) is 3.21. The number of pyridine rings is 1. The summed E-state index contributed by atoms with van der Waals surface area (Å²) in [5.74, 6) is 0.201. The molecule has 0 saturated heterocycles. The summed E-state index contributed by atoms with van der Waals surface area (Å²) < 4.78 is 13.3. The van der Waals surface area contributed by atoms with Crippen molar-refractivity contribution in [2.24, 2.45) is 0 Å². The largest absolute Gasteiger partial charge is 0.338 e. The first kappa shape index (κ1) is 9.93. The van der Waals surface area contributed by atoms with Crippen molar-refractivity contribution in [2.45, 2.75) is 0 Å². The molecule has 0 unspecified atom stereocenters. The zero-order chi connectivity index (χ0) is 10.7. The zero-order valence-corrected chi connectivity index (χ0v) is 8.50. The van der Waals surface area contributed by atoms with Crippen LogP contribution in [0.1, 0.15) is 0 Å². The fraction of sp³-hybridized carbons (Fsp3) is 0. The molecule has 2 aromatic rings. The lowest BCUT2D eigenvalue weighted by Gasteiger charge is -2.05. The SMILES string of the molecule is Fc1ccccc1Nc1cccc(Cl)n1. The molecule has 0 fully saturated rings. The Hall–Kier alpha value is -1.61. The summed E-state index contributed by atoms with van der Waals surface area (Å²) in [6.45, 7) is 0. The quantitative estimate of drug-likeness (QED) is 0.785. The van der Waals surface area contributed by atoms with Gasteiger partial charge in [-0.25, -0.2) is 9.37 Å². The normalized spacial score (nSPS) is 10.0. The third-order valence-corrected chi connectivity index (χ3v) is 2.06. The first-order valence-electron chi connectivity index (χ1n) is 4.40. The molecule has 2 nitrogen and oxygen atoms in total. The third-order valence-electron chi connectivity index (χ3n) is 1.85. The minimum Gasteiger partial charge on any atom is -0.338 e. The summed E-state index contributed by atoms with van der Waals surface area (Å²) in [6, 6.07) is 11.5. The molecular weight excluding hydrogens is 215 g/mol. The number of nitrogens with zero attached hydrogens (tertiary/aromatic N) is 1.